The van der Waals surface area contributed by atoms with Crippen molar-refractivity contribution < 1.29 is 14.4 Å². The molecule has 0 bridgehead atoms. The average molecular weight is 275 g/mol. The number of hydrogen-bond donors (Lipinski definition) is 2. The summed E-state index contributed by atoms with van der Waals surface area (Å²) >= 11 is 0. The number of barbiturate groups is 1. The van der Waals surface area contributed by atoms with Crippen molar-refractivity contribution in [1.29, 1.82) is 0 Å². The van der Waals surface area contributed by atoms with Crippen molar-refractivity contribution in [3.8, 4) is 0 Å². The summed E-state index contributed by atoms with van der Waals surface area (Å²) in [5.41, 5.74) is -1.05. The number of urea groups is 1. The molecule has 0 aromatic carbocycles. The van der Waals surface area contributed by atoms with Crippen molar-refractivity contribution in [2.75, 3.05) is 0 Å². The van der Waals surface area contributed by atoms with Crippen LogP contribution < -0.4 is 10.6 Å². The van der Waals surface area contributed by atoms with Gasteiger partial charge in [-0.1, -0.05) is 27.2 Å². The first-order chi connectivity index (χ1) is 8.44. The van der Waals surface area contributed by atoms with Crippen LogP contribution in [0.4, 0.5) is 4.79 Å². The maximum Gasteiger partial charge on any atom is 0.328 e. The maximum atomic E-state index is 12.3. The van der Waals surface area contributed by atoms with E-state index < -0.39 is 23.3 Å². The van der Waals surface area contributed by atoms with Gasteiger partial charge >= 0.3 is 6.03 Å². The third-order valence-corrected chi connectivity index (χ3v) is 4.71. The van der Waals surface area contributed by atoms with Gasteiger partial charge in [-0.2, -0.15) is 0 Å². The fourth-order valence-corrected chi connectivity index (χ4v) is 3.69. The fourth-order valence-electron chi connectivity index (χ4n) is 3.69. The average Bonchev–Trinajstić information content (AvgIpc) is 2.51. The number of rotatable bonds is 2. The Morgan fingerprint density at radius 1 is 1.16 bits per heavy atom. The first-order valence-electron chi connectivity index (χ1n) is 6.61. The zero-order valence-corrected chi connectivity index (χ0v) is 14.1. The Hall–Kier alpha value is -0.390. The van der Waals surface area contributed by atoms with E-state index in [0.29, 0.717) is 5.92 Å². The van der Waals surface area contributed by atoms with Gasteiger partial charge in [0.05, 0.1) is 0 Å². The normalized spacial score (nSPS) is 32.8. The molecule has 1 radical (unpaired) electrons. The van der Waals surface area contributed by atoms with E-state index >= 15 is 0 Å². The Morgan fingerprint density at radius 2 is 1.68 bits per heavy atom. The van der Waals surface area contributed by atoms with Crippen LogP contribution in [-0.4, -0.2) is 47.4 Å². The van der Waals surface area contributed by atoms with Crippen LogP contribution >= 0.6 is 0 Å². The molecule has 19 heavy (non-hydrogen) atoms. The summed E-state index contributed by atoms with van der Waals surface area (Å²) in [4.78, 5) is 35.8. The van der Waals surface area contributed by atoms with Gasteiger partial charge in [0.2, 0.25) is 11.8 Å². The summed E-state index contributed by atoms with van der Waals surface area (Å²) in [6, 6.07) is -0.697. The molecule has 1 heterocycles. The Labute approximate surface area is 135 Å². The van der Waals surface area contributed by atoms with Crippen molar-refractivity contribution >= 4 is 47.4 Å². The molecule has 2 fully saturated rings. The van der Waals surface area contributed by atoms with Crippen LogP contribution in [0.3, 0.4) is 0 Å². The standard InChI is InChI=1S/C13H20N2O3.Na/c1-4-5-9-6-7(2)8(3)13(9)10(16)14-12(18)15-11(13)17;/h7-9H,4-6H2,1-3H3,(H2,14,15,16,17,18);. The van der Waals surface area contributed by atoms with E-state index in [4.69, 9.17) is 0 Å². The molecule has 2 aliphatic rings. The topological polar surface area (TPSA) is 75.3 Å². The predicted octanol–water partition coefficient (Wildman–Crippen LogP) is 1.05. The molecule has 2 rings (SSSR count). The summed E-state index contributed by atoms with van der Waals surface area (Å²) < 4.78 is 0. The van der Waals surface area contributed by atoms with Gasteiger partial charge in [-0.05, 0) is 30.6 Å². The predicted molar refractivity (Wildman–Crippen MR) is 71.2 cm³/mol. The van der Waals surface area contributed by atoms with Gasteiger partial charge in [0.15, 0.2) is 0 Å². The fraction of sp³-hybridized carbons (Fsp3) is 0.769. The van der Waals surface area contributed by atoms with E-state index in [1.807, 2.05) is 13.8 Å². The van der Waals surface area contributed by atoms with Gasteiger partial charge in [0.1, 0.15) is 5.41 Å². The zero-order chi connectivity index (χ0) is 13.5. The molecule has 6 heteroatoms. The molecule has 3 unspecified atom stereocenters. The minimum Gasteiger partial charge on any atom is -0.277 e. The molecule has 1 aliphatic heterocycles. The van der Waals surface area contributed by atoms with E-state index in [2.05, 4.69) is 17.6 Å². The quantitative estimate of drug-likeness (QED) is 0.584. The molecule has 4 amide bonds. The Morgan fingerprint density at radius 3 is 2.16 bits per heavy atom. The Kier molecular flexibility index (Phi) is 5.21. The number of nitrogens with one attached hydrogen (secondary N) is 2. The van der Waals surface area contributed by atoms with Crippen LogP contribution in [0.5, 0.6) is 0 Å². The second-order valence-electron chi connectivity index (χ2n) is 5.59. The molecule has 1 spiro atoms. The van der Waals surface area contributed by atoms with Crippen LogP contribution in [0, 0.1) is 23.2 Å². The van der Waals surface area contributed by atoms with Gasteiger partial charge in [-0.15, -0.1) is 0 Å². The van der Waals surface area contributed by atoms with E-state index in [9.17, 15) is 14.4 Å². The molecule has 1 aliphatic carbocycles. The van der Waals surface area contributed by atoms with Crippen molar-refractivity contribution in [2.45, 2.75) is 40.0 Å². The van der Waals surface area contributed by atoms with E-state index in [1.165, 1.54) is 0 Å². The number of amides is 4. The second kappa shape index (κ2) is 5.94. The summed E-state index contributed by atoms with van der Waals surface area (Å²) in [5.74, 6) is -0.521. The minimum absolute atomic E-state index is 0. The van der Waals surface area contributed by atoms with Crippen molar-refractivity contribution in [2.24, 2.45) is 23.2 Å². The van der Waals surface area contributed by atoms with Crippen molar-refractivity contribution in [3.63, 3.8) is 0 Å². The summed E-state index contributed by atoms with van der Waals surface area (Å²) in [6.45, 7) is 6.06. The van der Waals surface area contributed by atoms with Crippen LogP contribution in [0.2, 0.25) is 0 Å². The summed E-state index contributed by atoms with van der Waals surface area (Å²) in [7, 11) is 0. The van der Waals surface area contributed by atoms with E-state index in [-0.39, 0.29) is 41.4 Å². The van der Waals surface area contributed by atoms with Crippen LogP contribution in [0.25, 0.3) is 0 Å². The van der Waals surface area contributed by atoms with Gasteiger partial charge in [-0.3, -0.25) is 20.2 Å². The summed E-state index contributed by atoms with van der Waals surface area (Å²) in [5, 5.41) is 4.54. The van der Waals surface area contributed by atoms with Crippen LogP contribution in [0.1, 0.15) is 40.0 Å². The molecule has 0 aromatic rings. The number of carbonyl (C=O) groups excluding carboxylic acids is 3. The molecule has 0 aromatic heterocycles. The second-order valence-corrected chi connectivity index (χ2v) is 5.59. The molecular formula is C13H20N2NaO3. The van der Waals surface area contributed by atoms with E-state index in [0.717, 1.165) is 19.3 Å². The van der Waals surface area contributed by atoms with Crippen molar-refractivity contribution in [1.82, 2.24) is 10.6 Å². The molecule has 3 atom stereocenters. The Bertz CT molecular complexity index is 391. The Balaban J connectivity index is 0.00000180. The largest absolute Gasteiger partial charge is 0.328 e. The number of hydrogen-bond acceptors (Lipinski definition) is 3. The molecule has 1 saturated carbocycles. The van der Waals surface area contributed by atoms with Gasteiger partial charge in [0.25, 0.3) is 0 Å². The first-order valence-corrected chi connectivity index (χ1v) is 6.61. The smallest absolute Gasteiger partial charge is 0.277 e. The van der Waals surface area contributed by atoms with Gasteiger partial charge in [-0.25, -0.2) is 4.79 Å². The molecule has 2 N–H and O–H groups in total. The first kappa shape index (κ1) is 16.7. The SMILES string of the molecule is CCCC1CC(C)C(C)C12C(=O)NC(=O)NC2=O.[Na]. The third kappa shape index (κ3) is 2.36. The number of imide groups is 2. The molecule has 1 saturated heterocycles. The van der Waals surface area contributed by atoms with Crippen molar-refractivity contribution in [3.05, 3.63) is 0 Å². The van der Waals surface area contributed by atoms with Crippen LogP contribution in [0.15, 0.2) is 0 Å². The monoisotopic (exact) mass is 275 g/mol. The molecule has 5 nitrogen and oxygen atoms in total. The summed E-state index contributed by atoms with van der Waals surface area (Å²) in [6.07, 6.45) is 2.63. The third-order valence-electron chi connectivity index (χ3n) is 4.71. The minimum atomic E-state index is -1.05. The van der Waals surface area contributed by atoms with E-state index in [1.54, 1.807) is 0 Å². The number of carbonyl (C=O) groups is 3. The maximum absolute atomic E-state index is 12.3. The molecule has 101 valence electrons. The molecular weight excluding hydrogens is 255 g/mol. The van der Waals surface area contributed by atoms with Gasteiger partial charge in [0, 0.05) is 29.6 Å². The van der Waals surface area contributed by atoms with Crippen LogP contribution in [-0.2, 0) is 9.59 Å². The van der Waals surface area contributed by atoms with Gasteiger partial charge < -0.3 is 0 Å². The zero-order valence-electron chi connectivity index (χ0n) is 12.1.